The molecule has 2 saturated heterocycles. The van der Waals surface area contributed by atoms with Crippen molar-refractivity contribution in [3.8, 4) is 0 Å². The number of hydrogen-bond donors (Lipinski definition) is 2. The highest BCUT2D eigenvalue weighted by Crippen LogP contribution is 2.44. The Balaban J connectivity index is 1.53. The molecule has 6 nitrogen and oxygen atoms in total. The zero-order valence-electron chi connectivity index (χ0n) is 14.6. The number of primary amides is 1. The Morgan fingerprint density at radius 3 is 2.42 bits per heavy atom. The van der Waals surface area contributed by atoms with E-state index in [0.29, 0.717) is 6.54 Å². The maximum Gasteiger partial charge on any atom is 0.231 e. The minimum Gasteiger partial charge on any atom is -0.396 e. The predicted octanol–water partition coefficient (Wildman–Crippen LogP) is 0.585. The second-order valence-electron chi connectivity index (χ2n) is 8.19. The summed E-state index contributed by atoms with van der Waals surface area (Å²) in [6.07, 6.45) is 7.29. The molecule has 3 rings (SSSR count). The summed E-state index contributed by atoms with van der Waals surface area (Å²) in [5.74, 6) is 0.777. The van der Waals surface area contributed by atoms with Crippen LogP contribution in [0.25, 0.3) is 0 Å². The summed E-state index contributed by atoms with van der Waals surface area (Å²) >= 11 is 0. The molecule has 3 N–H and O–H groups in total. The molecular weight excluding hydrogens is 306 g/mol. The fraction of sp³-hybridized carbons (Fsp3) is 0.889. The van der Waals surface area contributed by atoms with Crippen molar-refractivity contribution < 1.29 is 14.7 Å². The highest BCUT2D eigenvalue weighted by atomic mass is 16.3. The van der Waals surface area contributed by atoms with Crippen molar-refractivity contribution >= 4 is 11.8 Å². The monoisotopic (exact) mass is 337 g/mol. The van der Waals surface area contributed by atoms with Gasteiger partial charge in [0.05, 0.1) is 13.2 Å². The van der Waals surface area contributed by atoms with E-state index in [1.54, 1.807) is 0 Å². The minimum atomic E-state index is -0.302. The second-order valence-corrected chi connectivity index (χ2v) is 8.19. The lowest BCUT2D eigenvalue weighted by Gasteiger charge is -2.44. The molecule has 1 saturated carbocycles. The Bertz CT molecular complexity index is 472. The third-order valence-corrected chi connectivity index (χ3v) is 6.04. The molecule has 1 atom stereocenters. The first-order valence-corrected chi connectivity index (χ1v) is 9.42. The minimum absolute atomic E-state index is 0.0598. The van der Waals surface area contributed by atoms with Crippen molar-refractivity contribution in [2.45, 2.75) is 44.9 Å². The summed E-state index contributed by atoms with van der Waals surface area (Å²) in [4.78, 5) is 28.0. The van der Waals surface area contributed by atoms with Gasteiger partial charge in [0.1, 0.15) is 0 Å². The highest BCUT2D eigenvalue weighted by Gasteiger charge is 2.42. The van der Waals surface area contributed by atoms with Gasteiger partial charge in [-0.2, -0.15) is 0 Å². The summed E-state index contributed by atoms with van der Waals surface area (Å²) in [5, 5.41) is 9.96. The second kappa shape index (κ2) is 7.40. The number of piperidine rings is 2. The largest absolute Gasteiger partial charge is 0.396 e. The lowest BCUT2D eigenvalue weighted by molar-refractivity contribution is -0.141. The SMILES string of the molecule is NC(=O)CN1CCC(C(=O)N2CCCC(CO)(CC3CC3)C2)CC1. The fourth-order valence-corrected chi connectivity index (χ4v) is 4.51. The van der Waals surface area contributed by atoms with Gasteiger partial charge in [-0.1, -0.05) is 12.8 Å². The van der Waals surface area contributed by atoms with Gasteiger partial charge in [0.15, 0.2) is 0 Å². The van der Waals surface area contributed by atoms with Crippen LogP contribution in [0.15, 0.2) is 0 Å². The first-order chi connectivity index (χ1) is 11.5. The van der Waals surface area contributed by atoms with Gasteiger partial charge in [-0.3, -0.25) is 14.5 Å². The molecule has 6 heteroatoms. The number of amides is 2. The summed E-state index contributed by atoms with van der Waals surface area (Å²) < 4.78 is 0. The van der Waals surface area contributed by atoms with Crippen molar-refractivity contribution in [3.63, 3.8) is 0 Å². The molecule has 0 spiro atoms. The quantitative estimate of drug-likeness (QED) is 0.742. The maximum absolute atomic E-state index is 12.9. The molecule has 0 aromatic rings. The third kappa shape index (κ3) is 4.28. The zero-order valence-corrected chi connectivity index (χ0v) is 14.6. The Labute approximate surface area is 144 Å². The van der Waals surface area contributed by atoms with Crippen LogP contribution in [-0.2, 0) is 9.59 Å². The van der Waals surface area contributed by atoms with Gasteiger partial charge in [0.2, 0.25) is 11.8 Å². The van der Waals surface area contributed by atoms with Crippen LogP contribution in [0.3, 0.4) is 0 Å². The molecular formula is C18H31N3O3. The van der Waals surface area contributed by atoms with E-state index in [-0.39, 0.29) is 29.8 Å². The molecule has 0 radical (unpaired) electrons. The van der Waals surface area contributed by atoms with Crippen LogP contribution >= 0.6 is 0 Å². The van der Waals surface area contributed by atoms with Crippen molar-refractivity contribution in [1.82, 2.24) is 9.80 Å². The van der Waals surface area contributed by atoms with Gasteiger partial charge >= 0.3 is 0 Å². The van der Waals surface area contributed by atoms with Gasteiger partial charge in [0.25, 0.3) is 0 Å². The summed E-state index contributed by atoms with van der Waals surface area (Å²) in [6, 6.07) is 0. The average Bonchev–Trinajstić information content (AvgIpc) is 3.38. The van der Waals surface area contributed by atoms with Crippen LogP contribution in [0.1, 0.15) is 44.9 Å². The first kappa shape index (κ1) is 17.7. The molecule has 0 aromatic heterocycles. The number of likely N-dealkylation sites (tertiary alicyclic amines) is 2. The van der Waals surface area contributed by atoms with E-state index in [4.69, 9.17) is 5.73 Å². The molecule has 2 amide bonds. The fourth-order valence-electron chi connectivity index (χ4n) is 4.51. The van der Waals surface area contributed by atoms with Crippen LogP contribution < -0.4 is 5.73 Å². The Morgan fingerprint density at radius 2 is 1.83 bits per heavy atom. The maximum atomic E-state index is 12.9. The standard InChI is InChI=1S/C18H31N3O3/c19-16(23)11-20-8-4-15(5-9-20)17(24)21-7-1-6-18(12-21,13-22)10-14-2-3-14/h14-15,22H,1-13H2,(H2,19,23). The van der Waals surface area contributed by atoms with Crippen molar-refractivity contribution in [2.75, 3.05) is 39.3 Å². The number of nitrogens with zero attached hydrogens (tertiary/aromatic N) is 2. The van der Waals surface area contributed by atoms with E-state index in [9.17, 15) is 14.7 Å². The number of carbonyl (C=O) groups is 2. The van der Waals surface area contributed by atoms with Crippen LogP contribution in [0.4, 0.5) is 0 Å². The van der Waals surface area contributed by atoms with Gasteiger partial charge in [0, 0.05) is 24.4 Å². The van der Waals surface area contributed by atoms with E-state index < -0.39 is 0 Å². The number of nitrogens with two attached hydrogens (primary N) is 1. The summed E-state index contributed by atoms with van der Waals surface area (Å²) in [7, 11) is 0. The van der Waals surface area contributed by atoms with Crippen molar-refractivity contribution in [1.29, 1.82) is 0 Å². The van der Waals surface area contributed by atoms with E-state index >= 15 is 0 Å². The molecule has 2 aliphatic heterocycles. The molecule has 2 heterocycles. The van der Waals surface area contributed by atoms with Gasteiger partial charge in [-0.05, 0) is 51.1 Å². The first-order valence-electron chi connectivity index (χ1n) is 9.42. The number of aliphatic hydroxyl groups excluding tert-OH is 1. The average molecular weight is 337 g/mol. The van der Waals surface area contributed by atoms with Crippen LogP contribution in [0.5, 0.6) is 0 Å². The molecule has 3 aliphatic rings. The predicted molar refractivity (Wildman–Crippen MR) is 91.0 cm³/mol. The molecule has 1 unspecified atom stereocenters. The normalized spacial score (nSPS) is 29.6. The van der Waals surface area contributed by atoms with E-state index in [2.05, 4.69) is 0 Å². The van der Waals surface area contributed by atoms with Crippen LogP contribution in [-0.4, -0.2) is 66.1 Å². The Morgan fingerprint density at radius 1 is 1.12 bits per heavy atom. The highest BCUT2D eigenvalue weighted by molar-refractivity contribution is 5.79. The van der Waals surface area contributed by atoms with E-state index in [1.165, 1.54) is 12.8 Å². The van der Waals surface area contributed by atoms with E-state index in [0.717, 1.165) is 64.2 Å². The Hall–Kier alpha value is -1.14. The van der Waals surface area contributed by atoms with Gasteiger partial charge in [-0.25, -0.2) is 0 Å². The number of aliphatic hydroxyl groups is 1. The van der Waals surface area contributed by atoms with Crippen LogP contribution in [0.2, 0.25) is 0 Å². The van der Waals surface area contributed by atoms with Gasteiger partial charge < -0.3 is 15.7 Å². The van der Waals surface area contributed by atoms with Crippen LogP contribution in [0, 0.1) is 17.3 Å². The van der Waals surface area contributed by atoms with Crippen molar-refractivity contribution in [3.05, 3.63) is 0 Å². The smallest absolute Gasteiger partial charge is 0.231 e. The molecule has 24 heavy (non-hydrogen) atoms. The molecule has 1 aliphatic carbocycles. The summed E-state index contributed by atoms with van der Waals surface area (Å²) in [5.41, 5.74) is 5.18. The number of carbonyl (C=O) groups excluding carboxylic acids is 2. The summed E-state index contributed by atoms with van der Waals surface area (Å²) in [6.45, 7) is 3.57. The molecule has 136 valence electrons. The Kier molecular flexibility index (Phi) is 5.45. The molecule has 0 bridgehead atoms. The zero-order chi connectivity index (χ0) is 17.2. The van der Waals surface area contributed by atoms with E-state index in [1.807, 2.05) is 9.80 Å². The van der Waals surface area contributed by atoms with Gasteiger partial charge in [-0.15, -0.1) is 0 Å². The molecule has 3 fully saturated rings. The molecule has 0 aromatic carbocycles. The number of hydrogen-bond acceptors (Lipinski definition) is 4. The number of rotatable bonds is 6. The lowest BCUT2D eigenvalue weighted by atomic mass is 9.76. The third-order valence-electron chi connectivity index (χ3n) is 6.04. The lowest BCUT2D eigenvalue weighted by Crippen LogP contribution is -2.51. The topological polar surface area (TPSA) is 86.9 Å². The van der Waals surface area contributed by atoms with Crippen molar-refractivity contribution in [2.24, 2.45) is 23.0 Å².